The Bertz CT molecular complexity index is 657. The van der Waals surface area contributed by atoms with Crippen LogP contribution >= 0.6 is 0 Å². The van der Waals surface area contributed by atoms with Gasteiger partial charge >= 0.3 is 6.09 Å². The molecule has 2 rings (SSSR count). The van der Waals surface area contributed by atoms with Gasteiger partial charge < -0.3 is 9.64 Å². The molecule has 7 nitrogen and oxygen atoms in total. The molecule has 1 aliphatic rings. The van der Waals surface area contributed by atoms with E-state index in [-0.39, 0.29) is 28.8 Å². The number of benzene rings is 1. The maximum Gasteiger partial charge on any atom is 0.410 e. The molecule has 1 amide bonds. The summed E-state index contributed by atoms with van der Waals surface area (Å²) in [6.45, 7) is 12.7. The summed E-state index contributed by atoms with van der Waals surface area (Å²) in [5.74, 6) is 0. The molecule has 1 heterocycles. The van der Waals surface area contributed by atoms with Crippen LogP contribution in [0.2, 0.25) is 0 Å². The van der Waals surface area contributed by atoms with Crippen LogP contribution in [0.1, 0.15) is 40.2 Å². The minimum atomic E-state index is -0.525. The molecule has 0 aliphatic carbocycles. The third kappa shape index (κ3) is 4.41. The lowest BCUT2D eigenvalue weighted by molar-refractivity contribution is -0.384. The summed E-state index contributed by atoms with van der Waals surface area (Å²) in [7, 11) is 0. The number of nitro benzene ring substituents is 1. The summed E-state index contributed by atoms with van der Waals surface area (Å²) < 4.78 is 5.52. The maximum atomic E-state index is 12.5. The minimum absolute atomic E-state index is 0.0202. The Morgan fingerprint density at radius 1 is 1.24 bits per heavy atom. The lowest BCUT2D eigenvalue weighted by Gasteiger charge is -2.45. The zero-order valence-corrected chi connectivity index (χ0v) is 15.8. The number of non-ortho nitro benzene ring substituents is 1. The molecule has 1 aromatic carbocycles. The summed E-state index contributed by atoms with van der Waals surface area (Å²) in [5, 5.41) is 10.9. The fourth-order valence-electron chi connectivity index (χ4n) is 3.30. The van der Waals surface area contributed by atoms with Crippen LogP contribution in [0.25, 0.3) is 0 Å². The first kappa shape index (κ1) is 19.0. The minimum Gasteiger partial charge on any atom is -0.444 e. The van der Waals surface area contributed by atoms with E-state index in [1.807, 2.05) is 41.5 Å². The molecule has 0 radical (unpaired) electrons. The number of piperazine rings is 1. The first-order valence-electron chi connectivity index (χ1n) is 8.51. The summed E-state index contributed by atoms with van der Waals surface area (Å²) in [6.07, 6.45) is -0.299. The van der Waals surface area contributed by atoms with Crippen LogP contribution in [0.5, 0.6) is 0 Å². The molecule has 7 heteroatoms. The van der Waals surface area contributed by atoms with Crippen molar-refractivity contribution in [2.24, 2.45) is 0 Å². The van der Waals surface area contributed by atoms with Crippen molar-refractivity contribution in [1.82, 2.24) is 4.90 Å². The monoisotopic (exact) mass is 349 g/mol. The smallest absolute Gasteiger partial charge is 0.410 e. The van der Waals surface area contributed by atoms with Crippen molar-refractivity contribution in [3.05, 3.63) is 33.9 Å². The van der Waals surface area contributed by atoms with Gasteiger partial charge in [0, 0.05) is 30.9 Å². The lowest BCUT2D eigenvalue weighted by atomic mass is 10.1. The Hall–Kier alpha value is -2.31. The van der Waals surface area contributed by atoms with Gasteiger partial charge in [0.05, 0.1) is 17.0 Å². The number of carbonyl (C=O) groups is 1. The van der Waals surface area contributed by atoms with Gasteiger partial charge in [0.2, 0.25) is 0 Å². The molecule has 138 valence electrons. The van der Waals surface area contributed by atoms with Gasteiger partial charge in [-0.1, -0.05) is 0 Å². The van der Waals surface area contributed by atoms with Crippen molar-refractivity contribution in [2.75, 3.05) is 18.0 Å². The molecule has 2 atom stereocenters. The van der Waals surface area contributed by atoms with E-state index in [0.717, 1.165) is 11.3 Å². The fraction of sp³-hybridized carbons (Fsp3) is 0.611. The highest BCUT2D eigenvalue weighted by molar-refractivity contribution is 5.70. The molecule has 1 saturated heterocycles. The Morgan fingerprint density at radius 2 is 1.80 bits per heavy atom. The highest BCUT2D eigenvalue weighted by Crippen LogP contribution is 2.29. The van der Waals surface area contributed by atoms with Gasteiger partial charge in [-0.05, 0) is 53.2 Å². The molecule has 0 spiro atoms. The van der Waals surface area contributed by atoms with Crippen molar-refractivity contribution < 1.29 is 14.5 Å². The fourth-order valence-corrected chi connectivity index (χ4v) is 3.30. The zero-order valence-electron chi connectivity index (χ0n) is 15.8. The van der Waals surface area contributed by atoms with Crippen LogP contribution in [0.4, 0.5) is 16.2 Å². The third-order valence-corrected chi connectivity index (χ3v) is 4.26. The van der Waals surface area contributed by atoms with E-state index in [9.17, 15) is 14.9 Å². The van der Waals surface area contributed by atoms with Crippen LogP contribution in [0.3, 0.4) is 0 Å². The number of amides is 1. The standard InChI is InChI=1S/C18H27N3O4/c1-12-9-15(21(23)24)7-8-16(12)19-10-13(2)20(14(3)11-19)17(22)25-18(4,5)6/h7-9,13-14H,10-11H2,1-6H3. The predicted octanol–water partition coefficient (Wildman–Crippen LogP) is 3.74. The van der Waals surface area contributed by atoms with E-state index < -0.39 is 5.60 Å². The van der Waals surface area contributed by atoms with Gasteiger partial charge in [0.15, 0.2) is 0 Å². The Kier molecular flexibility index (Phi) is 5.25. The second-order valence-corrected chi connectivity index (χ2v) is 7.72. The number of aryl methyl sites for hydroxylation is 1. The first-order valence-corrected chi connectivity index (χ1v) is 8.51. The number of ether oxygens (including phenoxy) is 1. The lowest BCUT2D eigenvalue weighted by Crippen LogP contribution is -2.59. The van der Waals surface area contributed by atoms with Crippen molar-refractivity contribution in [1.29, 1.82) is 0 Å². The molecule has 2 unspecified atom stereocenters. The molecular formula is C18H27N3O4. The van der Waals surface area contributed by atoms with Gasteiger partial charge in [-0.15, -0.1) is 0 Å². The van der Waals surface area contributed by atoms with Crippen LogP contribution in [-0.4, -0.2) is 46.7 Å². The third-order valence-electron chi connectivity index (χ3n) is 4.26. The summed E-state index contributed by atoms with van der Waals surface area (Å²) in [4.78, 5) is 27.0. The summed E-state index contributed by atoms with van der Waals surface area (Å²) in [5.41, 5.74) is 1.39. The number of hydrogen-bond acceptors (Lipinski definition) is 5. The van der Waals surface area contributed by atoms with Crippen molar-refractivity contribution in [2.45, 2.75) is 59.2 Å². The molecular weight excluding hydrogens is 322 g/mol. The van der Waals surface area contributed by atoms with Crippen LogP contribution < -0.4 is 4.90 Å². The highest BCUT2D eigenvalue weighted by atomic mass is 16.6. The second kappa shape index (κ2) is 6.90. The van der Waals surface area contributed by atoms with E-state index >= 15 is 0 Å². The predicted molar refractivity (Wildman–Crippen MR) is 97.0 cm³/mol. The number of nitrogens with zero attached hydrogens (tertiary/aromatic N) is 3. The Balaban J connectivity index is 2.17. The first-order chi connectivity index (χ1) is 11.5. The molecule has 0 saturated carbocycles. The molecule has 0 N–H and O–H groups in total. The van der Waals surface area contributed by atoms with Gasteiger partial charge in [-0.2, -0.15) is 0 Å². The van der Waals surface area contributed by atoms with Crippen LogP contribution in [0.15, 0.2) is 18.2 Å². The zero-order chi connectivity index (χ0) is 18.9. The Morgan fingerprint density at radius 3 is 2.24 bits per heavy atom. The number of rotatable bonds is 2. The van der Waals surface area contributed by atoms with E-state index in [2.05, 4.69) is 4.90 Å². The van der Waals surface area contributed by atoms with E-state index in [0.29, 0.717) is 13.1 Å². The number of carbonyl (C=O) groups excluding carboxylic acids is 1. The topological polar surface area (TPSA) is 75.9 Å². The van der Waals surface area contributed by atoms with Crippen molar-refractivity contribution in [3.8, 4) is 0 Å². The second-order valence-electron chi connectivity index (χ2n) is 7.72. The molecule has 1 aliphatic heterocycles. The van der Waals surface area contributed by atoms with Crippen LogP contribution in [0, 0.1) is 17.0 Å². The van der Waals surface area contributed by atoms with Crippen molar-refractivity contribution >= 4 is 17.5 Å². The molecule has 1 fully saturated rings. The van der Waals surface area contributed by atoms with Gasteiger partial charge in [-0.3, -0.25) is 15.0 Å². The molecule has 1 aromatic rings. The Labute approximate surface area is 148 Å². The highest BCUT2D eigenvalue weighted by Gasteiger charge is 2.36. The SMILES string of the molecule is Cc1cc([N+](=O)[O-])ccc1N1CC(C)N(C(=O)OC(C)(C)C)C(C)C1. The van der Waals surface area contributed by atoms with Crippen LogP contribution in [-0.2, 0) is 4.74 Å². The summed E-state index contributed by atoms with van der Waals surface area (Å²) >= 11 is 0. The molecule has 25 heavy (non-hydrogen) atoms. The number of anilines is 1. The molecule has 0 aromatic heterocycles. The quantitative estimate of drug-likeness (QED) is 0.600. The van der Waals surface area contributed by atoms with E-state index in [4.69, 9.17) is 4.74 Å². The average molecular weight is 349 g/mol. The molecule has 0 bridgehead atoms. The van der Waals surface area contributed by atoms with Gasteiger partial charge in [0.1, 0.15) is 5.60 Å². The number of nitro groups is 1. The maximum absolute atomic E-state index is 12.5. The van der Waals surface area contributed by atoms with Crippen molar-refractivity contribution in [3.63, 3.8) is 0 Å². The van der Waals surface area contributed by atoms with Gasteiger partial charge in [0.25, 0.3) is 5.69 Å². The van der Waals surface area contributed by atoms with Gasteiger partial charge in [-0.25, -0.2) is 4.79 Å². The summed E-state index contributed by atoms with van der Waals surface area (Å²) in [6, 6.07) is 4.86. The largest absolute Gasteiger partial charge is 0.444 e. The normalized spacial score (nSPS) is 21.2. The van der Waals surface area contributed by atoms with E-state index in [1.165, 1.54) is 6.07 Å². The number of hydrogen-bond donors (Lipinski definition) is 0. The van der Waals surface area contributed by atoms with E-state index in [1.54, 1.807) is 17.0 Å². The average Bonchev–Trinajstić information content (AvgIpc) is 2.44.